The Hall–Kier alpha value is -2.86. The summed E-state index contributed by atoms with van der Waals surface area (Å²) >= 11 is 5.76. The van der Waals surface area contributed by atoms with Crippen LogP contribution in [-0.2, 0) is 9.53 Å². The number of halogens is 1. The number of carbonyl (C=O) groups is 3. The van der Waals surface area contributed by atoms with E-state index in [1.165, 1.54) is 19.2 Å². The molecule has 2 amide bonds. The second kappa shape index (κ2) is 8.12. The molecule has 2 aromatic rings. The van der Waals surface area contributed by atoms with Gasteiger partial charge in [0, 0.05) is 16.3 Å². The molecule has 0 fully saturated rings. The van der Waals surface area contributed by atoms with Crippen molar-refractivity contribution in [3.05, 3.63) is 64.7 Å². The van der Waals surface area contributed by atoms with E-state index in [-0.39, 0.29) is 23.6 Å². The van der Waals surface area contributed by atoms with E-state index in [2.05, 4.69) is 15.4 Å². The molecule has 0 atom stereocenters. The normalized spacial score (nSPS) is 9.92. The number of benzene rings is 2. The van der Waals surface area contributed by atoms with Gasteiger partial charge in [-0.25, -0.2) is 4.79 Å². The molecule has 0 aliphatic heterocycles. The van der Waals surface area contributed by atoms with Crippen LogP contribution in [0.3, 0.4) is 0 Å². The summed E-state index contributed by atoms with van der Waals surface area (Å²) in [5.74, 6) is -1.38. The van der Waals surface area contributed by atoms with Crippen LogP contribution in [0.25, 0.3) is 0 Å². The van der Waals surface area contributed by atoms with Gasteiger partial charge in [-0.2, -0.15) is 0 Å². The molecule has 2 rings (SSSR count). The lowest BCUT2D eigenvalue weighted by Gasteiger charge is -2.08. The molecule has 0 bridgehead atoms. The van der Waals surface area contributed by atoms with Gasteiger partial charge >= 0.3 is 5.97 Å². The number of rotatable bonds is 5. The van der Waals surface area contributed by atoms with Crippen LogP contribution >= 0.6 is 11.6 Å². The van der Waals surface area contributed by atoms with Crippen LogP contribution in [0, 0.1) is 0 Å². The number of amides is 2. The molecule has 0 aliphatic rings. The average Bonchev–Trinajstić information content (AvgIpc) is 2.61. The smallest absolute Gasteiger partial charge is 0.337 e. The van der Waals surface area contributed by atoms with Crippen LogP contribution in [0.2, 0.25) is 5.02 Å². The highest BCUT2D eigenvalue weighted by Gasteiger charge is 2.11. The van der Waals surface area contributed by atoms with Crippen molar-refractivity contribution in [2.45, 2.75) is 0 Å². The Morgan fingerprint density at radius 3 is 2.38 bits per heavy atom. The van der Waals surface area contributed by atoms with E-state index in [0.717, 1.165) is 0 Å². The highest BCUT2D eigenvalue weighted by molar-refractivity contribution is 6.30. The third-order valence-corrected chi connectivity index (χ3v) is 3.34. The van der Waals surface area contributed by atoms with E-state index in [1.54, 1.807) is 36.4 Å². The van der Waals surface area contributed by atoms with Crippen molar-refractivity contribution in [3.63, 3.8) is 0 Å². The van der Waals surface area contributed by atoms with E-state index >= 15 is 0 Å². The van der Waals surface area contributed by atoms with Crippen LogP contribution in [-0.4, -0.2) is 31.4 Å². The minimum absolute atomic E-state index is 0.204. The molecule has 0 saturated carbocycles. The topological polar surface area (TPSA) is 84.5 Å². The maximum atomic E-state index is 12.0. The third kappa shape index (κ3) is 4.82. The molecule has 0 spiro atoms. The predicted octanol–water partition coefficient (Wildman–Crippen LogP) is 2.50. The van der Waals surface area contributed by atoms with Gasteiger partial charge in [-0.05, 0) is 42.5 Å². The number of esters is 1. The minimum Gasteiger partial charge on any atom is -0.465 e. The molecule has 2 N–H and O–H groups in total. The quantitative estimate of drug-likeness (QED) is 0.815. The van der Waals surface area contributed by atoms with Crippen molar-refractivity contribution in [2.24, 2.45) is 0 Å². The van der Waals surface area contributed by atoms with E-state index < -0.39 is 11.9 Å². The Morgan fingerprint density at radius 2 is 1.71 bits per heavy atom. The van der Waals surface area contributed by atoms with Crippen LogP contribution in [0.1, 0.15) is 20.7 Å². The Balaban J connectivity index is 1.91. The first kappa shape index (κ1) is 17.5. The van der Waals surface area contributed by atoms with E-state index in [1.807, 2.05) is 0 Å². The fourth-order valence-corrected chi connectivity index (χ4v) is 2.03. The second-order valence-corrected chi connectivity index (χ2v) is 5.25. The molecule has 0 unspecified atom stereocenters. The van der Waals surface area contributed by atoms with Gasteiger partial charge in [-0.1, -0.05) is 17.7 Å². The van der Waals surface area contributed by atoms with Gasteiger partial charge in [0.15, 0.2) is 0 Å². The predicted molar refractivity (Wildman–Crippen MR) is 90.2 cm³/mol. The number of hydrogen-bond donors (Lipinski definition) is 2. The number of anilines is 1. The van der Waals surface area contributed by atoms with Gasteiger partial charge in [0.25, 0.3) is 5.91 Å². The lowest BCUT2D eigenvalue weighted by molar-refractivity contribution is -0.115. The highest BCUT2D eigenvalue weighted by atomic mass is 35.5. The maximum Gasteiger partial charge on any atom is 0.337 e. The molecule has 24 heavy (non-hydrogen) atoms. The molecule has 124 valence electrons. The first-order valence-corrected chi connectivity index (χ1v) is 7.39. The summed E-state index contributed by atoms with van der Waals surface area (Å²) in [6.45, 7) is -0.204. The molecule has 7 heteroatoms. The number of methoxy groups -OCH3 is 1. The van der Waals surface area contributed by atoms with Gasteiger partial charge in [-0.3, -0.25) is 9.59 Å². The fourth-order valence-electron chi connectivity index (χ4n) is 1.91. The standard InChI is InChI=1S/C17H15ClN2O4/c1-24-17(23)12-4-2-3-11(9-12)16(22)19-10-15(21)20-14-7-5-13(18)6-8-14/h2-9H,10H2,1H3,(H,19,22)(H,20,21). The van der Waals surface area contributed by atoms with Crippen molar-refractivity contribution in [2.75, 3.05) is 19.0 Å². The zero-order chi connectivity index (χ0) is 17.5. The lowest BCUT2D eigenvalue weighted by Crippen LogP contribution is -2.32. The Morgan fingerprint density at radius 1 is 1.04 bits per heavy atom. The molecule has 0 heterocycles. The molecule has 0 aliphatic carbocycles. The molecular formula is C17H15ClN2O4. The van der Waals surface area contributed by atoms with Crippen LogP contribution < -0.4 is 10.6 Å². The van der Waals surface area contributed by atoms with E-state index in [0.29, 0.717) is 10.7 Å². The SMILES string of the molecule is COC(=O)c1cccc(C(=O)NCC(=O)Nc2ccc(Cl)cc2)c1. The first-order valence-electron chi connectivity index (χ1n) is 7.01. The lowest BCUT2D eigenvalue weighted by atomic mass is 10.1. The molecular weight excluding hydrogens is 332 g/mol. The monoisotopic (exact) mass is 346 g/mol. The van der Waals surface area contributed by atoms with Crippen LogP contribution in [0.15, 0.2) is 48.5 Å². The second-order valence-electron chi connectivity index (χ2n) is 4.81. The van der Waals surface area contributed by atoms with E-state index in [9.17, 15) is 14.4 Å². The fraction of sp³-hybridized carbons (Fsp3) is 0.118. The van der Waals surface area contributed by atoms with Crippen molar-refractivity contribution in [1.29, 1.82) is 0 Å². The zero-order valence-corrected chi connectivity index (χ0v) is 13.6. The first-order chi connectivity index (χ1) is 11.5. The Bertz CT molecular complexity index is 759. The summed E-state index contributed by atoms with van der Waals surface area (Å²) in [6.07, 6.45) is 0. The van der Waals surface area contributed by atoms with Crippen molar-refractivity contribution in [1.82, 2.24) is 5.32 Å². The summed E-state index contributed by atoms with van der Waals surface area (Å²) in [5.41, 5.74) is 1.10. The number of hydrogen-bond acceptors (Lipinski definition) is 4. The molecule has 2 aromatic carbocycles. The molecule has 0 saturated heterocycles. The van der Waals surface area contributed by atoms with Gasteiger partial charge in [0.2, 0.25) is 5.91 Å². The summed E-state index contributed by atoms with van der Waals surface area (Å²) in [5, 5.41) is 5.68. The van der Waals surface area contributed by atoms with Crippen molar-refractivity contribution < 1.29 is 19.1 Å². The Kier molecular flexibility index (Phi) is 5.92. The Labute approximate surface area is 143 Å². The molecule has 0 aromatic heterocycles. The summed E-state index contributed by atoms with van der Waals surface area (Å²) in [7, 11) is 1.26. The van der Waals surface area contributed by atoms with Crippen molar-refractivity contribution in [3.8, 4) is 0 Å². The summed E-state index contributed by atoms with van der Waals surface area (Å²) in [4.78, 5) is 35.3. The van der Waals surface area contributed by atoms with E-state index in [4.69, 9.17) is 11.6 Å². The highest BCUT2D eigenvalue weighted by Crippen LogP contribution is 2.13. The van der Waals surface area contributed by atoms with Crippen LogP contribution in [0.5, 0.6) is 0 Å². The minimum atomic E-state index is -0.537. The summed E-state index contributed by atoms with van der Waals surface area (Å²) in [6, 6.07) is 12.6. The van der Waals surface area contributed by atoms with Gasteiger partial charge in [-0.15, -0.1) is 0 Å². The third-order valence-electron chi connectivity index (χ3n) is 3.08. The molecule has 6 nitrogen and oxygen atoms in total. The largest absolute Gasteiger partial charge is 0.465 e. The number of nitrogens with one attached hydrogen (secondary N) is 2. The van der Waals surface area contributed by atoms with Crippen molar-refractivity contribution >= 4 is 35.1 Å². The van der Waals surface area contributed by atoms with Gasteiger partial charge < -0.3 is 15.4 Å². The van der Waals surface area contributed by atoms with Gasteiger partial charge in [0.05, 0.1) is 19.2 Å². The average molecular weight is 347 g/mol. The van der Waals surface area contributed by atoms with Crippen LogP contribution in [0.4, 0.5) is 5.69 Å². The molecule has 0 radical (unpaired) electrons. The number of carbonyl (C=O) groups excluding carboxylic acids is 3. The summed E-state index contributed by atoms with van der Waals surface area (Å²) < 4.78 is 4.60. The zero-order valence-electron chi connectivity index (χ0n) is 12.8. The maximum absolute atomic E-state index is 12.0. The number of ether oxygens (including phenoxy) is 1. The van der Waals surface area contributed by atoms with Gasteiger partial charge in [0.1, 0.15) is 0 Å².